The van der Waals surface area contributed by atoms with Gasteiger partial charge in [-0.3, -0.25) is 0 Å². The van der Waals surface area contributed by atoms with E-state index in [1.54, 1.807) is 0 Å². The van der Waals surface area contributed by atoms with Gasteiger partial charge in [-0.05, 0) is 24.1 Å². The zero-order valence-electron chi connectivity index (χ0n) is 6.30. The summed E-state index contributed by atoms with van der Waals surface area (Å²) in [6.45, 7) is 2.87. The Bertz CT molecular complexity index is 279. The molecule has 1 unspecified atom stereocenters. The zero-order valence-corrected chi connectivity index (χ0v) is 7.06. The van der Waals surface area contributed by atoms with Gasteiger partial charge in [0.1, 0.15) is 6.10 Å². The SMILES string of the molecule is Cc1cc(C2CO2)ccc1Cl. The van der Waals surface area contributed by atoms with Gasteiger partial charge in [0.15, 0.2) is 0 Å². The Kier molecular flexibility index (Phi) is 1.63. The molecule has 1 aliphatic rings. The van der Waals surface area contributed by atoms with Gasteiger partial charge >= 0.3 is 0 Å². The molecule has 1 aliphatic heterocycles. The fraction of sp³-hybridized carbons (Fsp3) is 0.333. The van der Waals surface area contributed by atoms with Crippen LogP contribution in [0.2, 0.25) is 5.02 Å². The highest BCUT2D eigenvalue weighted by Gasteiger charge is 2.24. The van der Waals surface area contributed by atoms with E-state index in [1.807, 2.05) is 19.1 Å². The molecule has 1 aromatic carbocycles. The van der Waals surface area contributed by atoms with Crippen LogP contribution in [-0.4, -0.2) is 6.61 Å². The molecule has 0 amide bonds. The van der Waals surface area contributed by atoms with Crippen molar-refractivity contribution in [3.8, 4) is 0 Å². The van der Waals surface area contributed by atoms with E-state index in [4.69, 9.17) is 16.3 Å². The summed E-state index contributed by atoms with van der Waals surface area (Å²) >= 11 is 5.86. The maximum Gasteiger partial charge on any atom is 0.106 e. The first-order valence-corrected chi connectivity index (χ1v) is 4.03. The van der Waals surface area contributed by atoms with Crippen molar-refractivity contribution in [2.75, 3.05) is 6.61 Å². The van der Waals surface area contributed by atoms with Crippen LogP contribution < -0.4 is 0 Å². The van der Waals surface area contributed by atoms with E-state index in [2.05, 4.69) is 6.07 Å². The van der Waals surface area contributed by atoms with E-state index in [0.29, 0.717) is 6.10 Å². The van der Waals surface area contributed by atoms with E-state index in [1.165, 1.54) is 5.56 Å². The quantitative estimate of drug-likeness (QED) is 0.588. The molecule has 0 aliphatic carbocycles. The predicted molar refractivity (Wildman–Crippen MR) is 44.9 cm³/mol. The van der Waals surface area contributed by atoms with Crippen molar-refractivity contribution in [3.05, 3.63) is 34.3 Å². The number of rotatable bonds is 1. The fourth-order valence-electron chi connectivity index (χ4n) is 1.11. The molecular weight excluding hydrogens is 160 g/mol. The Morgan fingerprint density at radius 1 is 1.55 bits per heavy atom. The van der Waals surface area contributed by atoms with Crippen molar-refractivity contribution in [1.29, 1.82) is 0 Å². The average molecular weight is 169 g/mol. The lowest BCUT2D eigenvalue weighted by Gasteiger charge is -1.99. The fourth-order valence-corrected chi connectivity index (χ4v) is 1.23. The molecule has 2 heteroatoms. The van der Waals surface area contributed by atoms with Gasteiger partial charge in [0.2, 0.25) is 0 Å². The zero-order chi connectivity index (χ0) is 7.84. The third-order valence-electron chi connectivity index (χ3n) is 1.89. The van der Waals surface area contributed by atoms with Crippen molar-refractivity contribution < 1.29 is 4.74 Å². The molecule has 0 N–H and O–H groups in total. The van der Waals surface area contributed by atoms with Crippen molar-refractivity contribution in [2.24, 2.45) is 0 Å². The van der Waals surface area contributed by atoms with E-state index >= 15 is 0 Å². The maximum atomic E-state index is 5.86. The van der Waals surface area contributed by atoms with Crippen LogP contribution in [0.4, 0.5) is 0 Å². The van der Waals surface area contributed by atoms with Gasteiger partial charge in [-0.2, -0.15) is 0 Å². The van der Waals surface area contributed by atoms with Crippen LogP contribution in [0.1, 0.15) is 17.2 Å². The second-order valence-electron chi connectivity index (χ2n) is 2.83. The van der Waals surface area contributed by atoms with Gasteiger partial charge in [-0.1, -0.05) is 23.7 Å². The summed E-state index contributed by atoms with van der Waals surface area (Å²) < 4.78 is 5.15. The molecule has 1 aromatic rings. The van der Waals surface area contributed by atoms with E-state index in [0.717, 1.165) is 17.2 Å². The summed E-state index contributed by atoms with van der Waals surface area (Å²) in [4.78, 5) is 0. The number of hydrogen-bond donors (Lipinski definition) is 0. The van der Waals surface area contributed by atoms with Crippen LogP contribution in [-0.2, 0) is 4.74 Å². The average Bonchev–Trinajstić information content (AvgIpc) is 2.77. The van der Waals surface area contributed by atoms with Crippen LogP contribution in [0.15, 0.2) is 18.2 Å². The second-order valence-corrected chi connectivity index (χ2v) is 3.24. The highest BCUT2D eigenvalue weighted by atomic mass is 35.5. The van der Waals surface area contributed by atoms with Crippen molar-refractivity contribution in [2.45, 2.75) is 13.0 Å². The summed E-state index contributed by atoms with van der Waals surface area (Å²) in [5, 5.41) is 0.828. The van der Waals surface area contributed by atoms with Crippen LogP contribution >= 0.6 is 11.6 Å². The van der Waals surface area contributed by atoms with Gasteiger partial charge in [0.25, 0.3) is 0 Å². The van der Waals surface area contributed by atoms with Gasteiger partial charge in [0.05, 0.1) is 6.61 Å². The molecule has 1 saturated heterocycles. The van der Waals surface area contributed by atoms with E-state index in [9.17, 15) is 0 Å². The number of halogens is 1. The van der Waals surface area contributed by atoms with Gasteiger partial charge in [-0.15, -0.1) is 0 Å². The van der Waals surface area contributed by atoms with Crippen molar-refractivity contribution in [1.82, 2.24) is 0 Å². The lowest BCUT2D eigenvalue weighted by Crippen LogP contribution is -1.82. The van der Waals surface area contributed by atoms with Crippen LogP contribution in [0, 0.1) is 6.92 Å². The first kappa shape index (κ1) is 7.14. The van der Waals surface area contributed by atoms with Crippen LogP contribution in [0.5, 0.6) is 0 Å². The number of benzene rings is 1. The summed E-state index contributed by atoms with van der Waals surface area (Å²) in [7, 11) is 0. The lowest BCUT2D eigenvalue weighted by molar-refractivity contribution is 0.415. The molecule has 1 atom stereocenters. The molecule has 0 aromatic heterocycles. The molecule has 58 valence electrons. The summed E-state index contributed by atoms with van der Waals surface area (Å²) in [6, 6.07) is 6.03. The predicted octanol–water partition coefficient (Wildman–Crippen LogP) is 2.72. The minimum absolute atomic E-state index is 0.339. The number of hydrogen-bond acceptors (Lipinski definition) is 1. The highest BCUT2D eigenvalue weighted by Crippen LogP contribution is 2.31. The summed E-state index contributed by atoms with van der Waals surface area (Å²) in [6.07, 6.45) is 0.339. The number of aryl methyl sites for hydroxylation is 1. The molecular formula is C9H9ClO. The number of ether oxygens (including phenoxy) is 1. The second kappa shape index (κ2) is 2.50. The molecule has 0 bridgehead atoms. The Labute approximate surface area is 70.9 Å². The Morgan fingerprint density at radius 2 is 2.27 bits per heavy atom. The number of epoxide rings is 1. The Balaban J connectivity index is 2.36. The Hall–Kier alpha value is -0.530. The van der Waals surface area contributed by atoms with E-state index < -0.39 is 0 Å². The minimum atomic E-state index is 0.339. The van der Waals surface area contributed by atoms with Gasteiger partial charge in [-0.25, -0.2) is 0 Å². The van der Waals surface area contributed by atoms with Crippen LogP contribution in [0.25, 0.3) is 0 Å². The largest absolute Gasteiger partial charge is 0.368 e. The summed E-state index contributed by atoms with van der Waals surface area (Å²) in [5.41, 5.74) is 2.37. The smallest absolute Gasteiger partial charge is 0.106 e. The van der Waals surface area contributed by atoms with E-state index in [-0.39, 0.29) is 0 Å². The summed E-state index contributed by atoms with van der Waals surface area (Å²) in [5.74, 6) is 0. The van der Waals surface area contributed by atoms with Gasteiger partial charge in [0, 0.05) is 5.02 Å². The Morgan fingerprint density at radius 3 is 2.82 bits per heavy atom. The molecule has 1 heterocycles. The standard InChI is InChI=1S/C9H9ClO/c1-6-4-7(9-5-11-9)2-3-8(6)10/h2-4,9H,5H2,1H3. The van der Waals surface area contributed by atoms with Crippen molar-refractivity contribution in [3.63, 3.8) is 0 Å². The molecule has 11 heavy (non-hydrogen) atoms. The highest BCUT2D eigenvalue weighted by molar-refractivity contribution is 6.31. The molecule has 2 rings (SSSR count). The lowest BCUT2D eigenvalue weighted by atomic mass is 10.1. The van der Waals surface area contributed by atoms with Crippen molar-refractivity contribution >= 4 is 11.6 Å². The molecule has 0 spiro atoms. The topological polar surface area (TPSA) is 12.5 Å². The first-order chi connectivity index (χ1) is 5.27. The maximum absolute atomic E-state index is 5.86. The first-order valence-electron chi connectivity index (χ1n) is 3.65. The third-order valence-corrected chi connectivity index (χ3v) is 2.31. The minimum Gasteiger partial charge on any atom is -0.368 e. The molecule has 0 saturated carbocycles. The normalized spacial score (nSPS) is 21.8. The monoisotopic (exact) mass is 168 g/mol. The van der Waals surface area contributed by atoms with Gasteiger partial charge < -0.3 is 4.74 Å². The molecule has 0 radical (unpaired) electrons. The van der Waals surface area contributed by atoms with Crippen LogP contribution in [0.3, 0.4) is 0 Å². The molecule has 1 fully saturated rings. The third kappa shape index (κ3) is 1.39. The molecule has 1 nitrogen and oxygen atoms in total.